The molecule has 0 nitrogen and oxygen atoms in total. The first-order valence-electron chi connectivity index (χ1n) is 6.75. The molecule has 0 saturated carbocycles. The zero-order valence-corrected chi connectivity index (χ0v) is 12.1. The average Bonchev–Trinajstić information content (AvgIpc) is 2.55. The third kappa shape index (κ3) is 3.34. The van der Waals surface area contributed by atoms with E-state index in [1.165, 1.54) is 0 Å². The Hall–Kier alpha value is -2.49. The first-order chi connectivity index (χ1) is 10.3. The highest BCUT2D eigenvalue weighted by molar-refractivity contribution is 6.30. The van der Waals surface area contributed by atoms with Gasteiger partial charge in [-0.15, -0.1) is 0 Å². The molecular formula is C20H13Cl. The molecule has 0 aliphatic carbocycles. The Kier molecular flexibility index (Phi) is 4.05. The van der Waals surface area contributed by atoms with Gasteiger partial charge in [0, 0.05) is 16.1 Å². The van der Waals surface area contributed by atoms with Crippen LogP contribution in [-0.2, 0) is 0 Å². The fourth-order valence-electron chi connectivity index (χ4n) is 2.14. The zero-order valence-electron chi connectivity index (χ0n) is 11.4. The van der Waals surface area contributed by atoms with E-state index in [1.54, 1.807) is 0 Å². The Morgan fingerprint density at radius 2 is 1.33 bits per heavy atom. The summed E-state index contributed by atoms with van der Waals surface area (Å²) in [4.78, 5) is 0. The molecule has 0 bridgehead atoms. The molecule has 0 N–H and O–H groups in total. The van der Waals surface area contributed by atoms with Crippen LogP contribution in [0.2, 0.25) is 5.02 Å². The van der Waals surface area contributed by atoms with Gasteiger partial charge in [-0.1, -0.05) is 72.0 Å². The van der Waals surface area contributed by atoms with Crippen molar-refractivity contribution in [1.29, 1.82) is 0 Å². The standard InChI is InChI=1S/C20H13Cl/c21-19-14-13-18(12-11-16-7-3-1-4-8-16)20(15-19)17-9-5-2-6-10-17/h1-10,13-15H. The lowest BCUT2D eigenvalue weighted by molar-refractivity contribution is 1.58. The highest BCUT2D eigenvalue weighted by Crippen LogP contribution is 2.26. The summed E-state index contributed by atoms with van der Waals surface area (Å²) in [6, 6.07) is 26.0. The van der Waals surface area contributed by atoms with E-state index in [-0.39, 0.29) is 0 Å². The first-order valence-corrected chi connectivity index (χ1v) is 7.13. The van der Waals surface area contributed by atoms with Crippen molar-refractivity contribution in [3.05, 3.63) is 95.0 Å². The van der Waals surface area contributed by atoms with Crippen LogP contribution >= 0.6 is 11.6 Å². The summed E-state index contributed by atoms with van der Waals surface area (Å²) in [6.07, 6.45) is 0. The maximum absolute atomic E-state index is 6.14. The molecule has 0 aliphatic heterocycles. The van der Waals surface area contributed by atoms with E-state index in [4.69, 9.17) is 11.6 Å². The van der Waals surface area contributed by atoms with Crippen molar-refractivity contribution in [2.24, 2.45) is 0 Å². The monoisotopic (exact) mass is 288 g/mol. The molecule has 0 atom stereocenters. The lowest BCUT2D eigenvalue weighted by Gasteiger charge is -2.05. The predicted molar refractivity (Wildman–Crippen MR) is 89.3 cm³/mol. The summed E-state index contributed by atoms with van der Waals surface area (Å²) in [5, 5.41) is 0.721. The quantitative estimate of drug-likeness (QED) is 0.525. The molecule has 0 amide bonds. The molecular weight excluding hydrogens is 276 g/mol. The summed E-state index contributed by atoms with van der Waals surface area (Å²) in [5.74, 6) is 6.44. The summed E-state index contributed by atoms with van der Waals surface area (Å²) in [6.45, 7) is 0. The number of benzene rings is 3. The third-order valence-corrected chi connectivity index (χ3v) is 3.42. The number of hydrogen-bond acceptors (Lipinski definition) is 0. The van der Waals surface area contributed by atoms with Crippen molar-refractivity contribution in [2.45, 2.75) is 0 Å². The first kappa shape index (κ1) is 13.5. The van der Waals surface area contributed by atoms with Crippen molar-refractivity contribution in [2.75, 3.05) is 0 Å². The van der Waals surface area contributed by atoms with Crippen molar-refractivity contribution in [3.63, 3.8) is 0 Å². The van der Waals surface area contributed by atoms with Gasteiger partial charge in [-0.25, -0.2) is 0 Å². The Bertz CT molecular complexity index is 793. The van der Waals surface area contributed by atoms with Gasteiger partial charge in [0.25, 0.3) is 0 Å². The molecule has 0 unspecified atom stereocenters. The number of halogens is 1. The van der Waals surface area contributed by atoms with Crippen LogP contribution in [0.3, 0.4) is 0 Å². The van der Waals surface area contributed by atoms with E-state index in [2.05, 4.69) is 24.0 Å². The van der Waals surface area contributed by atoms with Gasteiger partial charge < -0.3 is 0 Å². The van der Waals surface area contributed by atoms with Crippen molar-refractivity contribution in [3.8, 4) is 23.0 Å². The minimum absolute atomic E-state index is 0.721. The SMILES string of the molecule is Clc1ccc(C#Cc2ccccc2)c(-c2ccccc2)c1. The van der Waals surface area contributed by atoms with Gasteiger partial charge in [-0.2, -0.15) is 0 Å². The van der Waals surface area contributed by atoms with Crippen LogP contribution in [0.1, 0.15) is 11.1 Å². The number of hydrogen-bond donors (Lipinski definition) is 0. The molecule has 3 aromatic carbocycles. The van der Waals surface area contributed by atoms with Crippen LogP contribution in [0.15, 0.2) is 78.9 Å². The van der Waals surface area contributed by atoms with Gasteiger partial charge in [0.1, 0.15) is 0 Å². The van der Waals surface area contributed by atoms with E-state index in [1.807, 2.05) is 66.7 Å². The van der Waals surface area contributed by atoms with Crippen LogP contribution in [0.5, 0.6) is 0 Å². The Balaban J connectivity index is 2.06. The van der Waals surface area contributed by atoms with Crippen LogP contribution in [0.25, 0.3) is 11.1 Å². The Labute approximate surface area is 130 Å². The molecule has 3 rings (SSSR count). The molecule has 100 valence electrons. The molecule has 0 heterocycles. The average molecular weight is 289 g/mol. The van der Waals surface area contributed by atoms with E-state index >= 15 is 0 Å². The van der Waals surface area contributed by atoms with Crippen LogP contribution in [0.4, 0.5) is 0 Å². The zero-order chi connectivity index (χ0) is 14.5. The molecule has 0 spiro atoms. The fraction of sp³-hybridized carbons (Fsp3) is 0. The van der Waals surface area contributed by atoms with Crippen molar-refractivity contribution >= 4 is 11.6 Å². The second-order valence-electron chi connectivity index (χ2n) is 4.67. The summed E-state index contributed by atoms with van der Waals surface area (Å²) in [5.41, 5.74) is 4.17. The molecule has 0 fully saturated rings. The molecule has 3 aromatic rings. The minimum Gasteiger partial charge on any atom is -0.0843 e. The smallest absolute Gasteiger partial charge is 0.0413 e. The molecule has 1 heteroatoms. The maximum Gasteiger partial charge on any atom is 0.0413 e. The summed E-state index contributed by atoms with van der Waals surface area (Å²) in [7, 11) is 0. The highest BCUT2D eigenvalue weighted by Gasteiger charge is 2.03. The minimum atomic E-state index is 0.721. The Morgan fingerprint density at radius 3 is 2.05 bits per heavy atom. The summed E-state index contributed by atoms with van der Waals surface area (Å²) >= 11 is 6.14. The van der Waals surface area contributed by atoms with Gasteiger partial charge in [0.2, 0.25) is 0 Å². The van der Waals surface area contributed by atoms with E-state index in [0.717, 1.165) is 27.3 Å². The lowest BCUT2D eigenvalue weighted by atomic mass is 10.00. The molecule has 0 aromatic heterocycles. The number of rotatable bonds is 1. The topological polar surface area (TPSA) is 0 Å². The third-order valence-electron chi connectivity index (χ3n) is 3.18. The van der Waals surface area contributed by atoms with Crippen molar-refractivity contribution < 1.29 is 0 Å². The summed E-state index contributed by atoms with van der Waals surface area (Å²) < 4.78 is 0. The molecule has 0 saturated heterocycles. The van der Waals surface area contributed by atoms with Gasteiger partial charge in [-0.3, -0.25) is 0 Å². The predicted octanol–water partition coefficient (Wildman–Crippen LogP) is 5.41. The second kappa shape index (κ2) is 6.31. The largest absolute Gasteiger partial charge is 0.0843 e. The molecule has 21 heavy (non-hydrogen) atoms. The van der Waals surface area contributed by atoms with Crippen LogP contribution in [-0.4, -0.2) is 0 Å². The van der Waals surface area contributed by atoms with E-state index < -0.39 is 0 Å². The van der Waals surface area contributed by atoms with Gasteiger partial charge in [0.15, 0.2) is 0 Å². The Morgan fingerprint density at radius 1 is 0.667 bits per heavy atom. The highest BCUT2D eigenvalue weighted by atomic mass is 35.5. The maximum atomic E-state index is 6.14. The van der Waals surface area contributed by atoms with Crippen LogP contribution in [0, 0.1) is 11.8 Å². The van der Waals surface area contributed by atoms with Crippen LogP contribution < -0.4 is 0 Å². The normalized spacial score (nSPS) is 9.76. The van der Waals surface area contributed by atoms with E-state index in [9.17, 15) is 0 Å². The fourth-order valence-corrected chi connectivity index (χ4v) is 2.32. The molecule has 0 radical (unpaired) electrons. The van der Waals surface area contributed by atoms with Gasteiger partial charge >= 0.3 is 0 Å². The van der Waals surface area contributed by atoms with Gasteiger partial charge in [0.05, 0.1) is 0 Å². The van der Waals surface area contributed by atoms with E-state index in [0.29, 0.717) is 0 Å². The molecule has 0 aliphatic rings. The van der Waals surface area contributed by atoms with Gasteiger partial charge in [-0.05, 0) is 41.5 Å². The second-order valence-corrected chi connectivity index (χ2v) is 5.11. The van der Waals surface area contributed by atoms with Crippen molar-refractivity contribution in [1.82, 2.24) is 0 Å². The lowest BCUT2D eigenvalue weighted by Crippen LogP contribution is -1.84.